The standard InChI is InChI=1S/C13H20N2O2.ClH/c1-10(14)6-13(16)15-8-11-4-3-5-12(7-11)9-17-2;/h3-5,7,10H,6,8-9,14H2,1-2H3,(H,15,16);1H. The molecule has 0 heterocycles. The number of carbonyl (C=O) groups excluding carboxylic acids is 1. The molecule has 1 aromatic carbocycles. The van der Waals surface area contributed by atoms with Crippen molar-refractivity contribution in [1.29, 1.82) is 0 Å². The molecule has 0 aliphatic rings. The Morgan fingerprint density at radius 2 is 2.11 bits per heavy atom. The summed E-state index contributed by atoms with van der Waals surface area (Å²) >= 11 is 0. The van der Waals surface area contributed by atoms with Gasteiger partial charge in [-0.05, 0) is 18.1 Å². The van der Waals surface area contributed by atoms with Crippen LogP contribution in [-0.4, -0.2) is 19.1 Å². The molecule has 0 spiro atoms. The topological polar surface area (TPSA) is 64.3 Å². The molecule has 0 saturated carbocycles. The maximum absolute atomic E-state index is 11.4. The van der Waals surface area contributed by atoms with Crippen LogP contribution in [0.2, 0.25) is 0 Å². The fourth-order valence-electron chi connectivity index (χ4n) is 1.56. The predicted molar refractivity (Wildman–Crippen MR) is 74.5 cm³/mol. The summed E-state index contributed by atoms with van der Waals surface area (Å²) in [4.78, 5) is 11.4. The first-order valence-electron chi connectivity index (χ1n) is 5.71. The number of methoxy groups -OCH3 is 1. The van der Waals surface area contributed by atoms with Crippen LogP contribution in [0, 0.1) is 0 Å². The van der Waals surface area contributed by atoms with Crippen LogP contribution in [0.4, 0.5) is 0 Å². The summed E-state index contributed by atoms with van der Waals surface area (Å²) in [5, 5.41) is 2.84. The zero-order chi connectivity index (χ0) is 12.7. The second-order valence-electron chi connectivity index (χ2n) is 4.21. The quantitative estimate of drug-likeness (QED) is 0.827. The van der Waals surface area contributed by atoms with Crippen LogP contribution in [0.5, 0.6) is 0 Å². The van der Waals surface area contributed by atoms with E-state index >= 15 is 0 Å². The molecule has 1 amide bonds. The number of carbonyl (C=O) groups is 1. The lowest BCUT2D eigenvalue weighted by Gasteiger charge is -2.08. The molecule has 4 nitrogen and oxygen atoms in total. The number of halogens is 1. The van der Waals surface area contributed by atoms with Gasteiger partial charge < -0.3 is 15.8 Å². The van der Waals surface area contributed by atoms with E-state index in [0.29, 0.717) is 19.6 Å². The number of nitrogens with two attached hydrogens (primary N) is 1. The van der Waals surface area contributed by atoms with Crippen molar-refractivity contribution in [2.24, 2.45) is 5.73 Å². The highest BCUT2D eigenvalue weighted by Crippen LogP contribution is 2.06. The van der Waals surface area contributed by atoms with E-state index in [1.54, 1.807) is 7.11 Å². The molecular weight excluding hydrogens is 252 g/mol. The maximum Gasteiger partial charge on any atom is 0.221 e. The van der Waals surface area contributed by atoms with Crippen molar-refractivity contribution in [2.75, 3.05) is 7.11 Å². The van der Waals surface area contributed by atoms with Crippen molar-refractivity contribution in [3.8, 4) is 0 Å². The van der Waals surface area contributed by atoms with Crippen LogP contribution in [0.25, 0.3) is 0 Å². The SMILES string of the molecule is COCc1cccc(CNC(=O)CC(C)N)c1.Cl. The lowest BCUT2D eigenvalue weighted by Crippen LogP contribution is -2.29. The number of rotatable bonds is 6. The highest BCUT2D eigenvalue weighted by molar-refractivity contribution is 5.85. The van der Waals surface area contributed by atoms with Crippen LogP contribution >= 0.6 is 12.4 Å². The molecule has 1 atom stereocenters. The molecule has 1 aromatic rings. The van der Waals surface area contributed by atoms with E-state index < -0.39 is 0 Å². The van der Waals surface area contributed by atoms with Gasteiger partial charge in [-0.15, -0.1) is 12.4 Å². The molecule has 1 unspecified atom stereocenters. The molecule has 0 aromatic heterocycles. The van der Waals surface area contributed by atoms with E-state index in [9.17, 15) is 4.79 Å². The Labute approximate surface area is 114 Å². The summed E-state index contributed by atoms with van der Waals surface area (Å²) < 4.78 is 5.06. The van der Waals surface area contributed by atoms with Crippen molar-refractivity contribution in [3.05, 3.63) is 35.4 Å². The monoisotopic (exact) mass is 272 g/mol. The van der Waals surface area contributed by atoms with Gasteiger partial charge in [0.15, 0.2) is 0 Å². The molecule has 0 saturated heterocycles. The number of nitrogens with one attached hydrogen (secondary N) is 1. The van der Waals surface area contributed by atoms with Gasteiger partial charge in [-0.2, -0.15) is 0 Å². The molecule has 3 N–H and O–H groups in total. The van der Waals surface area contributed by atoms with Gasteiger partial charge in [0.1, 0.15) is 0 Å². The van der Waals surface area contributed by atoms with Gasteiger partial charge in [-0.25, -0.2) is 0 Å². The van der Waals surface area contributed by atoms with Gasteiger partial charge in [0.25, 0.3) is 0 Å². The first-order valence-corrected chi connectivity index (χ1v) is 5.71. The van der Waals surface area contributed by atoms with Crippen molar-refractivity contribution in [3.63, 3.8) is 0 Å². The zero-order valence-electron chi connectivity index (χ0n) is 10.8. The Morgan fingerprint density at radius 1 is 1.44 bits per heavy atom. The van der Waals surface area contributed by atoms with E-state index in [1.807, 2.05) is 31.2 Å². The first-order chi connectivity index (χ1) is 8.11. The molecule has 5 heteroatoms. The van der Waals surface area contributed by atoms with Crippen LogP contribution in [0.3, 0.4) is 0 Å². The third kappa shape index (κ3) is 6.59. The average Bonchev–Trinajstić information content (AvgIpc) is 2.26. The fourth-order valence-corrected chi connectivity index (χ4v) is 1.56. The molecule has 0 aliphatic heterocycles. The van der Waals surface area contributed by atoms with Crippen molar-refractivity contribution in [2.45, 2.75) is 32.5 Å². The first kappa shape index (κ1) is 16.9. The van der Waals surface area contributed by atoms with Gasteiger partial charge in [-0.1, -0.05) is 24.3 Å². The molecule has 0 bridgehead atoms. The average molecular weight is 273 g/mol. The Bertz CT molecular complexity index is 370. The van der Waals surface area contributed by atoms with Gasteiger partial charge in [0, 0.05) is 26.1 Å². The summed E-state index contributed by atoms with van der Waals surface area (Å²) in [6.45, 7) is 2.93. The Hall–Kier alpha value is -1.10. The van der Waals surface area contributed by atoms with Gasteiger partial charge in [0.2, 0.25) is 5.91 Å². The fraction of sp³-hybridized carbons (Fsp3) is 0.462. The largest absolute Gasteiger partial charge is 0.380 e. The highest BCUT2D eigenvalue weighted by Gasteiger charge is 2.04. The second-order valence-corrected chi connectivity index (χ2v) is 4.21. The van der Waals surface area contributed by atoms with Crippen LogP contribution in [0.1, 0.15) is 24.5 Å². The smallest absolute Gasteiger partial charge is 0.221 e. The van der Waals surface area contributed by atoms with Crippen LogP contribution < -0.4 is 11.1 Å². The Kier molecular flexibility index (Phi) is 8.37. The van der Waals surface area contributed by atoms with Crippen molar-refractivity contribution in [1.82, 2.24) is 5.32 Å². The van der Waals surface area contributed by atoms with E-state index in [0.717, 1.165) is 11.1 Å². The number of hydrogen-bond donors (Lipinski definition) is 2. The van der Waals surface area contributed by atoms with Gasteiger partial charge >= 0.3 is 0 Å². The third-order valence-corrected chi connectivity index (χ3v) is 2.30. The van der Waals surface area contributed by atoms with E-state index in [4.69, 9.17) is 10.5 Å². The summed E-state index contributed by atoms with van der Waals surface area (Å²) in [5.41, 5.74) is 7.72. The number of hydrogen-bond acceptors (Lipinski definition) is 3. The highest BCUT2D eigenvalue weighted by atomic mass is 35.5. The van der Waals surface area contributed by atoms with Crippen molar-refractivity contribution >= 4 is 18.3 Å². The lowest BCUT2D eigenvalue weighted by molar-refractivity contribution is -0.121. The van der Waals surface area contributed by atoms with Gasteiger partial charge in [0.05, 0.1) is 6.61 Å². The van der Waals surface area contributed by atoms with E-state index in [-0.39, 0.29) is 24.4 Å². The molecule has 102 valence electrons. The number of amides is 1. The van der Waals surface area contributed by atoms with Gasteiger partial charge in [-0.3, -0.25) is 4.79 Å². The molecule has 0 fully saturated rings. The minimum atomic E-state index is -0.102. The summed E-state index contributed by atoms with van der Waals surface area (Å²) in [5.74, 6) is -0.0165. The lowest BCUT2D eigenvalue weighted by atomic mass is 10.1. The van der Waals surface area contributed by atoms with E-state index in [2.05, 4.69) is 5.32 Å². The molecular formula is C13H21ClN2O2. The zero-order valence-corrected chi connectivity index (χ0v) is 11.6. The number of ether oxygens (including phenoxy) is 1. The Balaban J connectivity index is 0.00000289. The Morgan fingerprint density at radius 3 is 2.72 bits per heavy atom. The van der Waals surface area contributed by atoms with Crippen molar-refractivity contribution < 1.29 is 9.53 Å². The normalized spacial score (nSPS) is 11.5. The summed E-state index contributed by atoms with van der Waals surface area (Å²) in [7, 11) is 1.66. The molecule has 1 rings (SSSR count). The predicted octanol–water partition coefficient (Wildman–Crippen LogP) is 1.61. The minimum absolute atomic E-state index is 0. The molecule has 18 heavy (non-hydrogen) atoms. The number of benzene rings is 1. The van der Waals surface area contributed by atoms with Crippen LogP contribution in [-0.2, 0) is 22.7 Å². The summed E-state index contributed by atoms with van der Waals surface area (Å²) in [6, 6.07) is 7.86. The molecule has 0 radical (unpaired) electrons. The molecule has 0 aliphatic carbocycles. The van der Waals surface area contributed by atoms with Crippen LogP contribution in [0.15, 0.2) is 24.3 Å². The maximum atomic E-state index is 11.4. The van der Waals surface area contributed by atoms with E-state index in [1.165, 1.54) is 0 Å². The summed E-state index contributed by atoms with van der Waals surface area (Å²) in [6.07, 6.45) is 0.359. The minimum Gasteiger partial charge on any atom is -0.380 e. The third-order valence-electron chi connectivity index (χ3n) is 2.30. The second kappa shape index (κ2) is 8.91.